The fourth-order valence-corrected chi connectivity index (χ4v) is 18.4. The number of benzene rings is 4. The van der Waals surface area contributed by atoms with Gasteiger partial charge in [-0.1, -0.05) is 97.1 Å². The third kappa shape index (κ3) is 6.51. The second-order valence-electron chi connectivity index (χ2n) is 20.4. The summed E-state index contributed by atoms with van der Waals surface area (Å²) in [5.41, 5.74) is 23.9. The number of hydrogen-bond acceptors (Lipinski definition) is 4. The molecule has 2 aromatic heterocycles. The molecule has 6 aliphatic rings. The van der Waals surface area contributed by atoms with Gasteiger partial charge in [-0.2, -0.15) is 0 Å². The van der Waals surface area contributed by atoms with Gasteiger partial charge in [0.05, 0.1) is 9.49 Å². The topological polar surface area (TPSA) is 0 Å². The number of thioether (sulfide) groups is 2. The van der Waals surface area contributed by atoms with Gasteiger partial charge in [-0.3, -0.25) is 0 Å². The molecule has 326 valence electrons. The van der Waals surface area contributed by atoms with Crippen molar-refractivity contribution < 1.29 is 0 Å². The predicted molar refractivity (Wildman–Crippen MR) is 285 cm³/mol. The van der Waals surface area contributed by atoms with Crippen LogP contribution in [0.3, 0.4) is 0 Å². The van der Waals surface area contributed by atoms with E-state index in [-0.39, 0.29) is 14.9 Å². The summed E-state index contributed by atoms with van der Waals surface area (Å²) in [5.74, 6) is 0.995. The van der Waals surface area contributed by atoms with Gasteiger partial charge < -0.3 is 0 Å². The van der Waals surface area contributed by atoms with Crippen LogP contribution in [0.25, 0.3) is 22.3 Å². The normalized spacial score (nSPS) is 23.3. The molecule has 0 unspecified atom stereocenters. The molecule has 12 rings (SSSR count). The van der Waals surface area contributed by atoms with E-state index in [2.05, 4.69) is 200 Å². The fraction of sp³-hybridized carbons (Fsp3) is 0.311. The Morgan fingerprint density at radius 3 is 1.23 bits per heavy atom. The molecule has 0 amide bonds. The van der Waals surface area contributed by atoms with Crippen LogP contribution >= 0.6 is 46.2 Å². The number of allylic oxidation sites excluding steroid dienone is 8. The van der Waals surface area contributed by atoms with Crippen molar-refractivity contribution in [1.29, 1.82) is 0 Å². The summed E-state index contributed by atoms with van der Waals surface area (Å²) in [6, 6.07) is 43.3. The van der Waals surface area contributed by atoms with Crippen LogP contribution in [0.1, 0.15) is 129 Å². The lowest BCUT2D eigenvalue weighted by Crippen LogP contribution is -2.47. The molecule has 2 aliphatic heterocycles. The van der Waals surface area contributed by atoms with Gasteiger partial charge in [0.15, 0.2) is 0 Å². The minimum atomic E-state index is -0.168. The third-order valence-electron chi connectivity index (χ3n) is 16.4. The molecular formula is C61H58S4. The maximum atomic E-state index is 2.53. The molecule has 0 radical (unpaired) electrons. The van der Waals surface area contributed by atoms with E-state index in [9.17, 15) is 0 Å². The van der Waals surface area contributed by atoms with Gasteiger partial charge in [-0.05, 0) is 229 Å². The summed E-state index contributed by atoms with van der Waals surface area (Å²) in [4.78, 5) is 8.64. The zero-order chi connectivity index (χ0) is 44.6. The quantitative estimate of drug-likeness (QED) is 0.149. The molecule has 4 heteroatoms. The smallest absolute Gasteiger partial charge is 0.0615 e. The number of thiophene rings is 2. The standard InChI is InChI=1S/C61H58S4/c1-35-25-49(39(5)62-35)51-29-45(30-52(51)50-26-36(2)63-40(50)6)43-21-17-41(18-22-43)33-61(55-15-11-9-13-47(55)48-14-10-12-16-56(48)61)34-42-19-23-44(24-20-42)46-31-53-54(32-46)58-28-38(4)65-60(58,8)59(7)57(53)27-37(3)64-59/h9-28,45-46H,29-34H2,1-8H3/t59-,60-/m1/s1. The summed E-state index contributed by atoms with van der Waals surface area (Å²) < 4.78 is 0.162. The molecule has 0 spiro atoms. The van der Waals surface area contributed by atoms with E-state index in [1.807, 2.05) is 22.7 Å². The van der Waals surface area contributed by atoms with Crippen LogP contribution in [0.2, 0.25) is 0 Å². The van der Waals surface area contributed by atoms with Crippen LogP contribution in [0, 0.1) is 27.7 Å². The zero-order valence-electron chi connectivity index (χ0n) is 39.1. The van der Waals surface area contributed by atoms with Crippen molar-refractivity contribution in [2.24, 2.45) is 0 Å². The van der Waals surface area contributed by atoms with Gasteiger partial charge in [0.1, 0.15) is 0 Å². The van der Waals surface area contributed by atoms with Gasteiger partial charge in [0, 0.05) is 24.9 Å². The predicted octanol–water partition coefficient (Wildman–Crippen LogP) is 17.6. The van der Waals surface area contributed by atoms with Gasteiger partial charge in [-0.25, -0.2) is 0 Å². The monoisotopic (exact) mass is 918 g/mol. The fourth-order valence-electron chi connectivity index (χ4n) is 13.4. The van der Waals surface area contributed by atoms with Gasteiger partial charge in [0.25, 0.3) is 0 Å². The van der Waals surface area contributed by atoms with Gasteiger partial charge in [0.2, 0.25) is 0 Å². The first-order valence-electron chi connectivity index (χ1n) is 23.8. The van der Waals surface area contributed by atoms with Crippen LogP contribution in [0.5, 0.6) is 0 Å². The van der Waals surface area contributed by atoms with Crippen LogP contribution in [-0.4, -0.2) is 9.49 Å². The van der Waals surface area contributed by atoms with E-state index < -0.39 is 0 Å². The lowest BCUT2D eigenvalue weighted by molar-refractivity contribution is 0.519. The van der Waals surface area contributed by atoms with Crippen molar-refractivity contribution in [3.8, 4) is 11.1 Å². The molecule has 4 aromatic carbocycles. The lowest BCUT2D eigenvalue weighted by Gasteiger charge is -2.47. The Morgan fingerprint density at radius 1 is 0.462 bits per heavy atom. The molecule has 6 aromatic rings. The second-order valence-corrected chi connectivity index (χ2v) is 26.6. The van der Waals surface area contributed by atoms with Crippen LogP contribution < -0.4 is 0 Å². The molecular weight excluding hydrogens is 861 g/mol. The van der Waals surface area contributed by atoms with Crippen LogP contribution in [0.15, 0.2) is 153 Å². The van der Waals surface area contributed by atoms with Gasteiger partial charge >= 0.3 is 0 Å². The summed E-state index contributed by atoms with van der Waals surface area (Å²) in [5, 5.41) is 0. The van der Waals surface area contributed by atoms with Crippen molar-refractivity contribution in [3.05, 3.63) is 217 Å². The van der Waals surface area contributed by atoms with Crippen molar-refractivity contribution in [2.45, 2.75) is 121 Å². The highest BCUT2D eigenvalue weighted by atomic mass is 32.2. The molecule has 0 bridgehead atoms. The molecule has 0 N–H and O–H groups in total. The summed E-state index contributed by atoms with van der Waals surface area (Å²) in [6.07, 6.45) is 11.5. The van der Waals surface area contributed by atoms with E-state index in [4.69, 9.17) is 0 Å². The van der Waals surface area contributed by atoms with Crippen molar-refractivity contribution in [2.75, 3.05) is 0 Å². The summed E-state index contributed by atoms with van der Waals surface area (Å²) in [6.45, 7) is 18.8. The molecule has 65 heavy (non-hydrogen) atoms. The minimum absolute atomic E-state index is 0.0808. The SMILES string of the molecule is CC1=CC2=C3CC(c4ccc(CC5(Cc6ccc(C7CC(c8cc(C)sc8C)=C(c8cc(C)sc8C)C7)cc6)c6ccccc6-c6ccccc65)cc4)CC3=C3C=C(C)S[C@@]3(C)[C@]2(C)S1. The maximum absolute atomic E-state index is 2.53. The highest BCUT2D eigenvalue weighted by Gasteiger charge is 2.59. The summed E-state index contributed by atoms with van der Waals surface area (Å²) in [7, 11) is 0. The molecule has 0 saturated heterocycles. The van der Waals surface area contributed by atoms with Gasteiger partial charge in [-0.15, -0.1) is 46.2 Å². The van der Waals surface area contributed by atoms with E-state index in [1.165, 1.54) is 85.0 Å². The Bertz CT molecular complexity index is 2970. The summed E-state index contributed by atoms with van der Waals surface area (Å²) >= 11 is 8.09. The van der Waals surface area contributed by atoms with Crippen LogP contribution in [0.4, 0.5) is 0 Å². The average molecular weight is 919 g/mol. The molecule has 2 atom stereocenters. The minimum Gasteiger partial charge on any atom is -0.145 e. The van der Waals surface area contributed by atoms with Crippen molar-refractivity contribution in [1.82, 2.24) is 0 Å². The first-order chi connectivity index (χ1) is 31.3. The zero-order valence-corrected chi connectivity index (χ0v) is 42.3. The number of aryl methyl sites for hydroxylation is 4. The second kappa shape index (κ2) is 15.4. The Balaban J connectivity index is 0.858. The Kier molecular flexibility index (Phi) is 9.94. The number of fused-ring (bicyclic) bond motifs is 7. The van der Waals surface area contributed by atoms with E-state index >= 15 is 0 Å². The molecule has 1 saturated carbocycles. The molecule has 4 heterocycles. The highest BCUT2D eigenvalue weighted by Crippen LogP contribution is 2.69. The third-order valence-corrected chi connectivity index (χ3v) is 21.4. The van der Waals surface area contributed by atoms with Crippen molar-refractivity contribution in [3.63, 3.8) is 0 Å². The van der Waals surface area contributed by atoms with E-state index in [0.29, 0.717) is 11.8 Å². The largest absolute Gasteiger partial charge is 0.145 e. The Morgan fingerprint density at radius 2 is 0.846 bits per heavy atom. The molecule has 0 nitrogen and oxygen atoms in total. The Labute approximate surface area is 403 Å². The molecule has 1 fully saturated rings. The number of hydrogen-bond donors (Lipinski definition) is 0. The maximum Gasteiger partial charge on any atom is 0.0615 e. The Hall–Kier alpha value is -4.32. The number of rotatable bonds is 8. The van der Waals surface area contributed by atoms with Crippen molar-refractivity contribution >= 4 is 57.3 Å². The highest BCUT2D eigenvalue weighted by molar-refractivity contribution is 8.09. The average Bonchev–Trinajstić information content (AvgIpc) is 4.17. The van der Waals surface area contributed by atoms with E-state index in [1.54, 1.807) is 33.4 Å². The first kappa shape index (κ1) is 42.1. The lowest BCUT2D eigenvalue weighted by atomic mass is 9.69. The van der Waals surface area contributed by atoms with E-state index in [0.717, 1.165) is 38.5 Å². The molecule has 4 aliphatic carbocycles. The van der Waals surface area contributed by atoms with Crippen LogP contribution in [-0.2, 0) is 18.3 Å². The first-order valence-corrected chi connectivity index (χ1v) is 27.0.